The van der Waals surface area contributed by atoms with Gasteiger partial charge in [-0.1, -0.05) is 0 Å². The van der Waals surface area contributed by atoms with Crippen LogP contribution in [0.3, 0.4) is 0 Å². The summed E-state index contributed by atoms with van der Waals surface area (Å²) in [6.45, 7) is -0.393. The molecule has 0 saturated carbocycles. The van der Waals surface area contributed by atoms with Gasteiger partial charge in [-0.05, 0) is 6.42 Å². The van der Waals surface area contributed by atoms with Crippen LogP contribution >= 0.6 is 0 Å². The van der Waals surface area contributed by atoms with Gasteiger partial charge < -0.3 is 4.90 Å². The van der Waals surface area contributed by atoms with E-state index in [-0.39, 0.29) is 12.5 Å². The van der Waals surface area contributed by atoms with Gasteiger partial charge in [0.25, 0.3) is 0 Å². The maximum absolute atomic E-state index is 11.8. The molecule has 1 amide bonds. The minimum absolute atomic E-state index is 0.145. The Morgan fingerprint density at radius 1 is 1.38 bits per heavy atom. The molecule has 0 bridgehead atoms. The molecule has 0 aromatic rings. The number of amides is 1. The fourth-order valence-electron chi connectivity index (χ4n) is 1.26. The van der Waals surface area contributed by atoms with Crippen LogP contribution < -0.4 is 0 Å². The van der Waals surface area contributed by atoms with Crippen molar-refractivity contribution in [1.82, 2.24) is 4.90 Å². The first-order valence-electron chi connectivity index (χ1n) is 4.47. The van der Waals surface area contributed by atoms with E-state index in [9.17, 15) is 26.4 Å². The third-order valence-electron chi connectivity index (χ3n) is 2.05. The first-order chi connectivity index (χ1) is 7.24. The van der Waals surface area contributed by atoms with Crippen molar-refractivity contribution in [2.24, 2.45) is 0 Å². The average molecular weight is 261 g/mol. The fraction of sp³-hybridized carbons (Fsp3) is 0.857. The van der Waals surface area contributed by atoms with Crippen LogP contribution in [0.4, 0.5) is 13.2 Å². The van der Waals surface area contributed by atoms with Crippen molar-refractivity contribution < 1.29 is 30.6 Å². The summed E-state index contributed by atoms with van der Waals surface area (Å²) in [7, 11) is -5.54. The highest BCUT2D eigenvalue weighted by Gasteiger charge is 2.47. The summed E-state index contributed by atoms with van der Waals surface area (Å²) in [5.74, 6) is -0.201. The van der Waals surface area contributed by atoms with Crippen LogP contribution in [0.5, 0.6) is 0 Å². The van der Waals surface area contributed by atoms with E-state index in [1.54, 1.807) is 0 Å². The lowest BCUT2D eigenvalue weighted by molar-refractivity contribution is -0.128. The summed E-state index contributed by atoms with van der Waals surface area (Å²) >= 11 is 0. The number of alkyl halides is 3. The second kappa shape index (κ2) is 4.58. The van der Waals surface area contributed by atoms with Gasteiger partial charge in [-0.15, -0.1) is 0 Å². The van der Waals surface area contributed by atoms with E-state index in [1.807, 2.05) is 0 Å². The SMILES string of the molecule is O=C1CCCN1CCOS(=O)(=O)C(F)(F)F. The molecule has 1 fully saturated rings. The highest BCUT2D eigenvalue weighted by atomic mass is 32.2. The quantitative estimate of drug-likeness (QED) is 0.545. The van der Waals surface area contributed by atoms with Gasteiger partial charge in [0.15, 0.2) is 0 Å². The lowest BCUT2D eigenvalue weighted by Crippen LogP contribution is -2.32. The van der Waals surface area contributed by atoms with E-state index in [2.05, 4.69) is 4.18 Å². The second-order valence-corrected chi connectivity index (χ2v) is 4.81. The van der Waals surface area contributed by atoms with Gasteiger partial charge in [0, 0.05) is 19.5 Å². The normalized spacial score (nSPS) is 18.2. The molecule has 1 rings (SSSR count). The molecule has 0 aliphatic carbocycles. The minimum atomic E-state index is -5.54. The number of nitrogens with zero attached hydrogens (tertiary/aromatic N) is 1. The molecule has 0 unspecified atom stereocenters. The number of rotatable bonds is 4. The molecular weight excluding hydrogens is 251 g/mol. The van der Waals surface area contributed by atoms with E-state index in [4.69, 9.17) is 0 Å². The van der Waals surface area contributed by atoms with Crippen LogP contribution in [0.25, 0.3) is 0 Å². The lowest BCUT2D eigenvalue weighted by Gasteiger charge is -2.15. The van der Waals surface area contributed by atoms with Crippen molar-refractivity contribution in [3.8, 4) is 0 Å². The van der Waals surface area contributed by atoms with Crippen LogP contribution in [-0.4, -0.2) is 44.4 Å². The molecule has 0 atom stereocenters. The predicted molar refractivity (Wildman–Crippen MR) is 46.7 cm³/mol. The molecule has 1 aliphatic rings. The zero-order valence-corrected chi connectivity index (χ0v) is 8.97. The van der Waals surface area contributed by atoms with E-state index in [0.29, 0.717) is 19.4 Å². The Labute approximate surface area is 90.3 Å². The molecule has 0 spiro atoms. The smallest absolute Gasteiger partial charge is 0.340 e. The zero-order chi connectivity index (χ0) is 12.4. The topological polar surface area (TPSA) is 63.7 Å². The fourth-order valence-corrected chi connectivity index (χ4v) is 1.69. The van der Waals surface area contributed by atoms with Crippen molar-refractivity contribution in [3.63, 3.8) is 0 Å². The molecular formula is C7H10F3NO4S. The van der Waals surface area contributed by atoms with Crippen molar-refractivity contribution >= 4 is 16.0 Å². The van der Waals surface area contributed by atoms with Gasteiger partial charge in [0.1, 0.15) is 0 Å². The maximum atomic E-state index is 11.8. The molecule has 9 heteroatoms. The largest absolute Gasteiger partial charge is 0.523 e. The summed E-state index contributed by atoms with van der Waals surface area (Å²) in [6.07, 6.45) is 0.969. The highest BCUT2D eigenvalue weighted by molar-refractivity contribution is 7.87. The van der Waals surface area contributed by atoms with Gasteiger partial charge in [-0.25, -0.2) is 0 Å². The first kappa shape index (κ1) is 13.2. The minimum Gasteiger partial charge on any atom is -0.340 e. The molecule has 5 nitrogen and oxygen atoms in total. The second-order valence-electron chi connectivity index (χ2n) is 3.21. The van der Waals surface area contributed by atoms with Gasteiger partial charge in [0.05, 0.1) is 6.61 Å². The summed E-state index contributed by atoms with van der Waals surface area (Å²) < 4.78 is 60.1. The van der Waals surface area contributed by atoms with Gasteiger partial charge >= 0.3 is 15.6 Å². The molecule has 1 heterocycles. The number of carbonyl (C=O) groups is 1. The molecule has 0 aromatic heterocycles. The summed E-state index contributed by atoms with van der Waals surface area (Å²) in [5, 5.41) is 0. The number of hydrogen-bond acceptors (Lipinski definition) is 4. The van der Waals surface area contributed by atoms with Gasteiger partial charge in [0.2, 0.25) is 5.91 Å². The summed E-state index contributed by atoms with van der Waals surface area (Å²) in [6, 6.07) is 0. The third-order valence-corrected chi connectivity index (χ3v) is 3.10. The van der Waals surface area contributed by atoms with Crippen molar-refractivity contribution in [1.29, 1.82) is 0 Å². The monoisotopic (exact) mass is 261 g/mol. The Bertz CT molecular complexity index is 364. The first-order valence-corrected chi connectivity index (χ1v) is 5.88. The number of likely N-dealkylation sites (tertiary alicyclic amines) is 1. The standard InChI is InChI=1S/C7H10F3NO4S/c8-7(9,10)16(13,14)15-5-4-11-3-1-2-6(11)12/h1-5H2. The number of halogens is 3. The average Bonchev–Trinajstić information content (AvgIpc) is 2.49. The Balaban J connectivity index is 2.39. The Morgan fingerprint density at radius 2 is 2.00 bits per heavy atom. The number of carbonyl (C=O) groups excluding carboxylic acids is 1. The Kier molecular flexibility index (Phi) is 3.79. The Hall–Kier alpha value is -0.830. The van der Waals surface area contributed by atoms with Crippen LogP contribution in [0.2, 0.25) is 0 Å². The molecule has 94 valence electrons. The molecule has 0 radical (unpaired) electrons. The molecule has 0 aromatic carbocycles. The van der Waals surface area contributed by atoms with E-state index < -0.39 is 22.2 Å². The predicted octanol–water partition coefficient (Wildman–Crippen LogP) is 0.475. The molecule has 16 heavy (non-hydrogen) atoms. The van der Waals surface area contributed by atoms with E-state index >= 15 is 0 Å². The van der Waals surface area contributed by atoms with E-state index in [1.165, 1.54) is 4.90 Å². The summed E-state index contributed by atoms with van der Waals surface area (Å²) in [4.78, 5) is 12.3. The summed E-state index contributed by atoms with van der Waals surface area (Å²) in [5.41, 5.74) is -5.41. The third kappa shape index (κ3) is 3.08. The van der Waals surface area contributed by atoms with Crippen molar-refractivity contribution in [3.05, 3.63) is 0 Å². The zero-order valence-electron chi connectivity index (χ0n) is 8.16. The van der Waals surface area contributed by atoms with Gasteiger partial charge in [-0.2, -0.15) is 21.6 Å². The molecule has 1 aliphatic heterocycles. The lowest BCUT2D eigenvalue weighted by atomic mass is 10.4. The van der Waals surface area contributed by atoms with Crippen molar-refractivity contribution in [2.75, 3.05) is 19.7 Å². The maximum Gasteiger partial charge on any atom is 0.523 e. The van der Waals surface area contributed by atoms with Crippen molar-refractivity contribution in [2.45, 2.75) is 18.3 Å². The van der Waals surface area contributed by atoms with Crippen LogP contribution in [0.1, 0.15) is 12.8 Å². The Morgan fingerprint density at radius 3 is 2.44 bits per heavy atom. The van der Waals surface area contributed by atoms with Crippen LogP contribution in [0.15, 0.2) is 0 Å². The van der Waals surface area contributed by atoms with Crippen LogP contribution in [-0.2, 0) is 19.1 Å². The van der Waals surface area contributed by atoms with Crippen LogP contribution in [0, 0.1) is 0 Å². The molecule has 1 saturated heterocycles. The highest BCUT2D eigenvalue weighted by Crippen LogP contribution is 2.24. The van der Waals surface area contributed by atoms with Gasteiger partial charge in [-0.3, -0.25) is 8.98 Å². The molecule has 0 N–H and O–H groups in total. The number of hydrogen-bond donors (Lipinski definition) is 0. The van der Waals surface area contributed by atoms with E-state index in [0.717, 1.165) is 0 Å².